The summed E-state index contributed by atoms with van der Waals surface area (Å²) in [5.74, 6) is -1.89. The molecule has 0 spiro atoms. The zero-order chi connectivity index (χ0) is 27.6. The van der Waals surface area contributed by atoms with E-state index < -0.39 is 27.9 Å². The Morgan fingerprint density at radius 1 is 0.974 bits per heavy atom. The molecule has 1 aliphatic rings. The van der Waals surface area contributed by atoms with Crippen molar-refractivity contribution in [1.82, 2.24) is 10.3 Å². The Bertz CT molecular complexity index is 1530. The van der Waals surface area contributed by atoms with E-state index in [2.05, 4.69) is 15.6 Å². The van der Waals surface area contributed by atoms with Crippen LogP contribution in [-0.4, -0.2) is 39.6 Å². The van der Waals surface area contributed by atoms with Crippen LogP contribution < -0.4 is 15.8 Å². The lowest BCUT2D eigenvalue weighted by molar-refractivity contribution is -0.137. The van der Waals surface area contributed by atoms with Gasteiger partial charge in [-0.05, 0) is 37.6 Å². The molecule has 198 valence electrons. The lowest BCUT2D eigenvalue weighted by atomic mass is 9.79. The minimum absolute atomic E-state index is 0.0141. The van der Waals surface area contributed by atoms with Gasteiger partial charge in [0.05, 0.1) is 41.9 Å². The topological polar surface area (TPSA) is 150 Å². The number of allylic oxidation sites excluding steroid dienone is 2. The Morgan fingerprint density at radius 3 is 2.11 bits per heavy atom. The fourth-order valence-electron chi connectivity index (χ4n) is 4.32. The third-order valence-electron chi connectivity index (χ3n) is 6.07. The summed E-state index contributed by atoms with van der Waals surface area (Å²) < 4.78 is 33.2. The normalized spacial score (nSPS) is 14.2. The van der Waals surface area contributed by atoms with Gasteiger partial charge < -0.3 is 20.1 Å². The Balaban J connectivity index is 1.74. The molecule has 1 aliphatic heterocycles. The average Bonchev–Trinajstić information content (AvgIpc) is 3.36. The predicted octanol–water partition coefficient (Wildman–Crippen LogP) is 3.78. The van der Waals surface area contributed by atoms with Crippen LogP contribution in [0.2, 0.25) is 0 Å². The number of esters is 2. The Morgan fingerprint density at radius 2 is 1.55 bits per heavy atom. The van der Waals surface area contributed by atoms with Crippen molar-refractivity contribution in [2.75, 3.05) is 19.5 Å². The maximum Gasteiger partial charge on any atom is 0.336 e. The van der Waals surface area contributed by atoms with E-state index in [-0.39, 0.29) is 4.90 Å². The van der Waals surface area contributed by atoms with Crippen LogP contribution in [0.25, 0.3) is 11.3 Å². The molecule has 4 rings (SSSR count). The molecule has 2 heterocycles. The molecule has 0 aliphatic carbocycles. The molecule has 0 bridgehead atoms. The molecule has 0 saturated carbocycles. The zero-order valence-corrected chi connectivity index (χ0v) is 22.7. The van der Waals surface area contributed by atoms with Crippen molar-refractivity contribution in [3.05, 3.63) is 82.0 Å². The van der Waals surface area contributed by atoms with E-state index >= 15 is 0 Å². The number of rotatable bonds is 7. The summed E-state index contributed by atoms with van der Waals surface area (Å²) in [6.45, 7) is 3.50. The summed E-state index contributed by atoms with van der Waals surface area (Å²) in [4.78, 5) is 30.4. The number of thiazole rings is 1. The molecule has 0 unspecified atom stereocenters. The zero-order valence-electron chi connectivity index (χ0n) is 21.1. The van der Waals surface area contributed by atoms with Gasteiger partial charge in [-0.15, -0.1) is 11.3 Å². The first-order valence-corrected chi connectivity index (χ1v) is 13.8. The number of nitrogens with zero attached hydrogens (tertiary/aromatic N) is 1. The van der Waals surface area contributed by atoms with Crippen LogP contribution in [0.5, 0.6) is 0 Å². The first-order valence-electron chi connectivity index (χ1n) is 11.3. The Labute approximate surface area is 224 Å². The smallest absolute Gasteiger partial charge is 0.336 e. The van der Waals surface area contributed by atoms with Crippen LogP contribution >= 0.6 is 11.3 Å². The number of primary sulfonamides is 1. The number of ether oxygens (including phenoxy) is 2. The molecular weight excluding hydrogens is 528 g/mol. The summed E-state index contributed by atoms with van der Waals surface area (Å²) in [5, 5.41) is 14.0. The molecular formula is C26H26N4O6S2. The molecule has 2 aromatic carbocycles. The highest BCUT2D eigenvalue weighted by Crippen LogP contribution is 2.42. The second kappa shape index (κ2) is 10.8. The number of methoxy groups -OCH3 is 2. The van der Waals surface area contributed by atoms with Crippen molar-refractivity contribution in [1.29, 1.82) is 0 Å². The first kappa shape index (κ1) is 27.0. The fraction of sp³-hybridized carbons (Fsp3) is 0.192. The molecule has 4 N–H and O–H groups in total. The van der Waals surface area contributed by atoms with E-state index in [1.807, 2.05) is 29.6 Å². The highest BCUT2D eigenvalue weighted by molar-refractivity contribution is 7.89. The molecule has 10 nitrogen and oxygen atoms in total. The highest BCUT2D eigenvalue weighted by atomic mass is 32.2. The first-order chi connectivity index (χ1) is 18.0. The summed E-state index contributed by atoms with van der Waals surface area (Å²) in [6.07, 6.45) is 0. The molecule has 1 aromatic heterocycles. The monoisotopic (exact) mass is 554 g/mol. The number of nitrogens with two attached hydrogens (primary N) is 1. The van der Waals surface area contributed by atoms with Gasteiger partial charge in [0.25, 0.3) is 0 Å². The minimum atomic E-state index is -3.79. The number of benzene rings is 2. The van der Waals surface area contributed by atoms with Gasteiger partial charge in [0, 0.05) is 28.0 Å². The molecule has 38 heavy (non-hydrogen) atoms. The molecule has 0 saturated heterocycles. The summed E-state index contributed by atoms with van der Waals surface area (Å²) in [6, 6.07) is 13.4. The largest absolute Gasteiger partial charge is 0.466 e. The van der Waals surface area contributed by atoms with Crippen LogP contribution in [0.3, 0.4) is 0 Å². The third kappa shape index (κ3) is 5.32. The average molecular weight is 555 g/mol. The lowest BCUT2D eigenvalue weighted by Crippen LogP contribution is -2.32. The summed E-state index contributed by atoms with van der Waals surface area (Å²) in [7, 11) is -1.21. The van der Waals surface area contributed by atoms with E-state index in [1.54, 1.807) is 26.0 Å². The van der Waals surface area contributed by atoms with E-state index in [0.717, 1.165) is 0 Å². The lowest BCUT2D eigenvalue weighted by Gasteiger charge is -2.31. The predicted molar refractivity (Wildman–Crippen MR) is 144 cm³/mol. The SMILES string of the molecule is COC(=O)C1=C(C)NC(C)=C(C(=O)OC)C1c1ccccc1Nc1nc(-c2ccc(S(N)(=O)=O)cc2)cs1. The number of hydrogen-bond acceptors (Lipinski definition) is 10. The number of nitrogens with one attached hydrogen (secondary N) is 2. The van der Waals surface area contributed by atoms with Gasteiger partial charge in [0.2, 0.25) is 10.0 Å². The number of dihydropyridines is 1. The Hall–Kier alpha value is -4.00. The van der Waals surface area contributed by atoms with E-state index in [1.165, 1.54) is 37.7 Å². The summed E-state index contributed by atoms with van der Waals surface area (Å²) >= 11 is 1.34. The van der Waals surface area contributed by atoms with Gasteiger partial charge in [-0.1, -0.05) is 30.3 Å². The van der Waals surface area contributed by atoms with E-state index in [0.29, 0.717) is 50.2 Å². The van der Waals surface area contributed by atoms with Crippen LogP contribution in [0, 0.1) is 0 Å². The molecule has 0 fully saturated rings. The van der Waals surface area contributed by atoms with E-state index in [9.17, 15) is 18.0 Å². The van der Waals surface area contributed by atoms with Gasteiger partial charge >= 0.3 is 11.9 Å². The number of aromatic nitrogens is 1. The van der Waals surface area contributed by atoms with Gasteiger partial charge in [-0.2, -0.15) is 0 Å². The van der Waals surface area contributed by atoms with Crippen LogP contribution in [0.15, 0.2) is 81.3 Å². The number of para-hydroxylation sites is 1. The second-order valence-corrected chi connectivity index (χ2v) is 10.9. The van der Waals surface area contributed by atoms with Crippen molar-refractivity contribution in [2.45, 2.75) is 24.7 Å². The van der Waals surface area contributed by atoms with Crippen LogP contribution in [-0.2, 0) is 29.1 Å². The third-order valence-corrected chi connectivity index (χ3v) is 7.75. The van der Waals surface area contributed by atoms with Crippen molar-refractivity contribution >= 4 is 44.1 Å². The number of anilines is 2. The highest BCUT2D eigenvalue weighted by Gasteiger charge is 2.38. The van der Waals surface area contributed by atoms with Crippen molar-refractivity contribution in [3.63, 3.8) is 0 Å². The molecule has 12 heteroatoms. The van der Waals surface area contributed by atoms with Gasteiger partial charge in [0.1, 0.15) is 0 Å². The summed E-state index contributed by atoms with van der Waals surface area (Å²) in [5.41, 5.74) is 4.37. The van der Waals surface area contributed by atoms with E-state index in [4.69, 9.17) is 14.6 Å². The van der Waals surface area contributed by atoms with Crippen LogP contribution in [0.1, 0.15) is 25.3 Å². The number of carbonyl (C=O) groups excluding carboxylic acids is 2. The standard InChI is InChI=1S/C26H26N4O6S2/c1-14-21(24(31)35-3)23(22(15(2)28-14)25(32)36-4)18-7-5-6-8-19(18)29-26-30-20(13-37-26)16-9-11-17(12-10-16)38(27,33)34/h5-13,23,28H,1-4H3,(H,29,30)(H2,27,33,34). The maximum atomic E-state index is 12.9. The quantitative estimate of drug-likeness (QED) is 0.371. The van der Waals surface area contributed by atoms with Gasteiger partial charge in [-0.3, -0.25) is 0 Å². The van der Waals surface area contributed by atoms with Gasteiger partial charge in [-0.25, -0.2) is 28.1 Å². The van der Waals surface area contributed by atoms with Gasteiger partial charge in [0.15, 0.2) is 5.13 Å². The molecule has 0 atom stereocenters. The number of carbonyl (C=O) groups is 2. The minimum Gasteiger partial charge on any atom is -0.466 e. The van der Waals surface area contributed by atoms with Crippen molar-refractivity contribution in [2.24, 2.45) is 5.14 Å². The van der Waals surface area contributed by atoms with Crippen molar-refractivity contribution in [3.8, 4) is 11.3 Å². The molecule has 3 aromatic rings. The Kier molecular flexibility index (Phi) is 7.67. The number of sulfonamides is 1. The molecule has 0 radical (unpaired) electrons. The van der Waals surface area contributed by atoms with Crippen molar-refractivity contribution < 1.29 is 27.5 Å². The fourth-order valence-corrected chi connectivity index (χ4v) is 5.57. The molecule has 0 amide bonds. The van der Waals surface area contributed by atoms with Crippen LogP contribution in [0.4, 0.5) is 10.8 Å². The number of hydrogen-bond donors (Lipinski definition) is 3. The maximum absolute atomic E-state index is 12.9. The second-order valence-electron chi connectivity index (χ2n) is 8.44.